The van der Waals surface area contributed by atoms with Crippen molar-refractivity contribution in [1.29, 1.82) is 0 Å². The Morgan fingerprint density at radius 2 is 0.538 bits per heavy atom. The normalized spacial score (nSPS) is 8.31. The lowest BCUT2D eigenvalue weighted by Gasteiger charge is -2.02. The zero-order valence-corrected chi connectivity index (χ0v) is 10.7. The zero-order chi connectivity index (χ0) is 10.7. The van der Waals surface area contributed by atoms with Crippen molar-refractivity contribution in [2.75, 3.05) is 0 Å². The molecule has 0 bridgehead atoms. The fourth-order valence-electron chi connectivity index (χ4n) is 0. The van der Waals surface area contributed by atoms with Crippen molar-refractivity contribution < 1.29 is 15.3 Å². The first-order valence-electron chi connectivity index (χ1n) is 4.17. The third-order valence-electron chi connectivity index (χ3n) is 0. The summed E-state index contributed by atoms with van der Waals surface area (Å²) in [5.41, 5.74) is 0. The Morgan fingerprint density at radius 1 is 0.538 bits per heavy atom. The van der Waals surface area contributed by atoms with Gasteiger partial charge in [-0.1, -0.05) is 41.5 Å². The Balaban J connectivity index is -0.0000000450. The Hall–Kier alpha value is 0.412. The van der Waals surface area contributed by atoms with Crippen LogP contribution < -0.4 is 15.3 Å². The highest BCUT2D eigenvalue weighted by atomic mass is 27.0. The third-order valence-corrected chi connectivity index (χ3v) is 0. The molecular weight excluding hydrogens is 183 g/mol. The third kappa shape index (κ3) is 7910. The monoisotopic (exact) mass is 204 g/mol. The smallest absolute Gasteiger partial charge is 0 e. The van der Waals surface area contributed by atoms with E-state index in [0.29, 0.717) is 0 Å². The van der Waals surface area contributed by atoms with E-state index in [-0.39, 0.29) is 17.4 Å². The average Bonchev–Trinajstić information content (AvgIpc) is 1.54. The van der Waals surface area contributed by atoms with Crippen LogP contribution in [-0.2, 0) is 0 Å². The van der Waals surface area contributed by atoms with Gasteiger partial charge in [0.25, 0.3) is 0 Å². The quantitative estimate of drug-likeness (QED) is 0.469. The van der Waals surface area contributed by atoms with Gasteiger partial charge in [0.15, 0.2) is 0 Å². The molecule has 0 spiro atoms. The molecule has 0 saturated heterocycles. The van der Waals surface area contributed by atoms with Crippen LogP contribution in [0.25, 0.3) is 0 Å². The second kappa shape index (κ2) is 18.2. The van der Waals surface area contributed by atoms with Gasteiger partial charge in [-0.05, 0) is 0 Å². The Morgan fingerprint density at radius 3 is 0.538 bits per heavy atom. The zero-order valence-electron chi connectivity index (χ0n) is 9.53. The lowest BCUT2D eigenvalue weighted by Crippen LogP contribution is -2.14. The molecule has 4 heteroatoms. The molecule has 0 unspecified atom stereocenters. The lowest BCUT2D eigenvalue weighted by atomic mass is 10.5. The molecule has 0 aromatic rings. The summed E-state index contributed by atoms with van der Waals surface area (Å²) < 4.78 is 0. The average molecular weight is 204 g/mol. The maximum Gasteiger partial charge on any atom is 0 e. The van der Waals surface area contributed by atoms with Crippen molar-refractivity contribution in [2.45, 2.75) is 59.9 Å². The highest BCUT2D eigenvalue weighted by Crippen LogP contribution is 1.57. The maximum absolute atomic E-state index is 9.53. The van der Waals surface area contributed by atoms with Gasteiger partial charge in [0.05, 0.1) is 0 Å². The van der Waals surface area contributed by atoms with Crippen LogP contribution in [-0.4, -0.2) is 35.7 Å². The molecule has 0 aromatic heterocycles. The molecule has 0 N–H and O–H groups in total. The molecule has 0 amide bonds. The second-order valence-electron chi connectivity index (χ2n) is 3.15. The summed E-state index contributed by atoms with van der Waals surface area (Å²) in [5.74, 6) is 0. The highest BCUT2D eigenvalue weighted by molar-refractivity contribution is 5.75. The second-order valence-corrected chi connectivity index (χ2v) is 3.15. The van der Waals surface area contributed by atoms with E-state index in [9.17, 15) is 15.3 Å². The summed E-state index contributed by atoms with van der Waals surface area (Å²) in [6.45, 7) is 9.67. The predicted molar refractivity (Wildman–Crippen MR) is 51.2 cm³/mol. The fourth-order valence-corrected chi connectivity index (χ4v) is 0. The summed E-state index contributed by atoms with van der Waals surface area (Å²) >= 11 is 0. The van der Waals surface area contributed by atoms with E-state index in [0.717, 1.165) is 0 Å². The Labute approximate surface area is 92.9 Å². The van der Waals surface area contributed by atoms with Crippen LogP contribution in [0.5, 0.6) is 0 Å². The minimum absolute atomic E-state index is 0. The predicted octanol–water partition coefficient (Wildman–Crippen LogP) is -1.12. The standard InChI is InChI=1S/3C3H7O.Al/c3*1-3(2)4;/h3*3H,1-2H3;/q3*-1;. The van der Waals surface area contributed by atoms with E-state index in [2.05, 4.69) is 0 Å². The van der Waals surface area contributed by atoms with Crippen LogP contribution in [0.15, 0.2) is 0 Å². The molecule has 0 saturated carbocycles. The van der Waals surface area contributed by atoms with Crippen molar-refractivity contribution in [3.05, 3.63) is 0 Å². The molecule has 0 rings (SSSR count). The number of rotatable bonds is 0. The van der Waals surface area contributed by atoms with Crippen molar-refractivity contribution in [2.24, 2.45) is 0 Å². The van der Waals surface area contributed by atoms with Gasteiger partial charge in [0.1, 0.15) is 0 Å². The number of hydrogen-bond donors (Lipinski definition) is 0. The molecule has 81 valence electrons. The fraction of sp³-hybridized carbons (Fsp3) is 1.00. The molecule has 13 heavy (non-hydrogen) atoms. The SMILES string of the molecule is CC(C)[O-].CC(C)[O-].CC(C)[O-].[Al]. The van der Waals surface area contributed by atoms with Crippen LogP contribution >= 0.6 is 0 Å². The van der Waals surface area contributed by atoms with E-state index in [1.807, 2.05) is 0 Å². The van der Waals surface area contributed by atoms with Gasteiger partial charge >= 0.3 is 0 Å². The van der Waals surface area contributed by atoms with Gasteiger partial charge in [0, 0.05) is 17.4 Å². The van der Waals surface area contributed by atoms with Gasteiger partial charge in [0.2, 0.25) is 0 Å². The Kier molecular flexibility index (Phi) is 32.7. The summed E-state index contributed by atoms with van der Waals surface area (Å²) in [6.07, 6.45) is -1.25. The highest BCUT2D eigenvalue weighted by Gasteiger charge is 1.54. The lowest BCUT2D eigenvalue weighted by molar-refractivity contribution is -0.408. The molecule has 3 radical (unpaired) electrons. The minimum Gasteiger partial charge on any atom is -0.852 e. The van der Waals surface area contributed by atoms with Crippen LogP contribution in [0.1, 0.15) is 41.5 Å². The molecule has 0 atom stereocenters. The van der Waals surface area contributed by atoms with Gasteiger partial charge in [-0.25, -0.2) is 0 Å². The van der Waals surface area contributed by atoms with Gasteiger partial charge in [-0.2, -0.15) is 0 Å². The molecule has 0 aliphatic heterocycles. The van der Waals surface area contributed by atoms with Crippen LogP contribution in [0.2, 0.25) is 0 Å². The van der Waals surface area contributed by atoms with Crippen molar-refractivity contribution in [3.63, 3.8) is 0 Å². The van der Waals surface area contributed by atoms with Crippen LogP contribution in [0.3, 0.4) is 0 Å². The van der Waals surface area contributed by atoms with Crippen molar-refractivity contribution in [1.82, 2.24) is 0 Å². The summed E-state index contributed by atoms with van der Waals surface area (Å²) in [6, 6.07) is 0. The first-order valence-corrected chi connectivity index (χ1v) is 4.17. The van der Waals surface area contributed by atoms with Gasteiger partial charge in [-0.15, -0.1) is 18.3 Å². The van der Waals surface area contributed by atoms with E-state index >= 15 is 0 Å². The van der Waals surface area contributed by atoms with E-state index < -0.39 is 18.3 Å². The minimum atomic E-state index is -0.417. The van der Waals surface area contributed by atoms with Crippen LogP contribution in [0.4, 0.5) is 0 Å². The molecule has 0 fully saturated rings. The molecule has 0 aromatic carbocycles. The molecule has 0 aliphatic rings. The van der Waals surface area contributed by atoms with E-state index in [4.69, 9.17) is 0 Å². The summed E-state index contributed by atoms with van der Waals surface area (Å²) in [7, 11) is 0. The molecule has 0 aliphatic carbocycles. The molecule has 0 heterocycles. The first kappa shape index (κ1) is 23.3. The van der Waals surface area contributed by atoms with Gasteiger partial charge in [-0.3, -0.25) is 0 Å². The van der Waals surface area contributed by atoms with E-state index in [1.165, 1.54) is 0 Å². The Bertz CT molecular complexity index is 43.4. The largest absolute Gasteiger partial charge is 0.852 e. The summed E-state index contributed by atoms with van der Waals surface area (Å²) in [4.78, 5) is 0. The van der Waals surface area contributed by atoms with Crippen molar-refractivity contribution in [3.8, 4) is 0 Å². The van der Waals surface area contributed by atoms with E-state index in [1.54, 1.807) is 41.5 Å². The molecule has 3 nitrogen and oxygen atoms in total. The number of hydrogen-bond acceptors (Lipinski definition) is 3. The first-order chi connectivity index (χ1) is 5.20. The topological polar surface area (TPSA) is 69.2 Å². The maximum atomic E-state index is 9.53. The van der Waals surface area contributed by atoms with Gasteiger partial charge < -0.3 is 15.3 Å². The summed E-state index contributed by atoms with van der Waals surface area (Å²) in [5, 5.41) is 28.6. The van der Waals surface area contributed by atoms with Crippen molar-refractivity contribution >= 4 is 17.4 Å². The molecular formula is C9H21AlO3-3. The van der Waals surface area contributed by atoms with Crippen LogP contribution in [0, 0.1) is 0 Å².